The van der Waals surface area contributed by atoms with Gasteiger partial charge in [0, 0.05) is 0 Å². The van der Waals surface area contributed by atoms with E-state index in [1.807, 2.05) is 0 Å². The monoisotopic (exact) mass is 396 g/mol. The SMILES string of the molecule is C=C[Si](C)(C)C[Si](C)(I)I. The van der Waals surface area contributed by atoms with Crippen molar-refractivity contribution < 1.29 is 0 Å². The van der Waals surface area contributed by atoms with Crippen molar-refractivity contribution >= 4 is 54.7 Å². The Morgan fingerprint density at radius 1 is 1.30 bits per heavy atom. The third-order valence-electron chi connectivity index (χ3n) is 1.32. The molecule has 10 heavy (non-hydrogen) atoms. The Morgan fingerprint density at radius 2 is 1.70 bits per heavy atom. The molecule has 0 rings (SSSR count). The molecule has 0 aliphatic rings. The zero-order chi connectivity index (χ0) is 8.41. The van der Waals surface area contributed by atoms with Crippen LogP contribution in [0, 0.1) is 0 Å². The molecule has 0 aromatic heterocycles. The van der Waals surface area contributed by atoms with Crippen LogP contribution in [0.15, 0.2) is 12.3 Å². The topological polar surface area (TPSA) is 0 Å². The Kier molecular flexibility index (Phi) is 4.70. The van der Waals surface area contributed by atoms with Gasteiger partial charge in [0.2, 0.25) is 0 Å². The Morgan fingerprint density at radius 3 is 1.80 bits per heavy atom. The Hall–Kier alpha value is 1.63. The van der Waals surface area contributed by atoms with Crippen LogP contribution in [0.2, 0.25) is 25.3 Å². The first-order chi connectivity index (χ1) is 4.27. The van der Waals surface area contributed by atoms with Gasteiger partial charge in [-0.1, -0.05) is 19.6 Å². The van der Waals surface area contributed by atoms with E-state index in [-0.39, 0.29) is 0 Å². The summed E-state index contributed by atoms with van der Waals surface area (Å²) in [5, 5.41) is 0. The lowest BCUT2D eigenvalue weighted by Crippen LogP contribution is -2.31. The van der Waals surface area contributed by atoms with Crippen molar-refractivity contribution in [3.05, 3.63) is 12.3 Å². The maximum atomic E-state index is 3.89. The first-order valence-corrected chi connectivity index (χ1v) is 15.5. The summed E-state index contributed by atoms with van der Waals surface area (Å²) < 4.78 is -0.883. The molecule has 0 fully saturated rings. The minimum Gasteiger partial charge on any atom is -0.107 e. The van der Waals surface area contributed by atoms with Gasteiger partial charge in [-0.3, -0.25) is 0 Å². The number of hydrogen-bond acceptors (Lipinski definition) is 0. The molecule has 0 N–H and O–H groups in total. The number of hydrogen-bond donors (Lipinski definition) is 0. The second-order valence-corrected chi connectivity index (χ2v) is 31.9. The molecule has 0 aliphatic heterocycles. The third-order valence-corrected chi connectivity index (χ3v) is 15.4. The smallest absolute Gasteiger partial charge is 0.107 e. The third kappa shape index (κ3) is 6.35. The normalized spacial score (nSPS) is 13.3. The number of halogens is 2. The summed E-state index contributed by atoms with van der Waals surface area (Å²) in [6, 6.07) is 0. The first kappa shape index (κ1) is 11.6. The minimum absolute atomic E-state index is 0.883. The van der Waals surface area contributed by atoms with Crippen LogP contribution in [0.5, 0.6) is 0 Å². The predicted octanol–water partition coefficient (Wildman–Crippen LogP) is 3.90. The Bertz CT molecular complexity index is 126. The molecular formula is C6H14I2Si2. The van der Waals surface area contributed by atoms with Gasteiger partial charge < -0.3 is 0 Å². The fraction of sp³-hybridized carbons (Fsp3) is 0.667. The summed E-state index contributed by atoms with van der Waals surface area (Å²) in [5.41, 5.74) is 3.65. The highest BCUT2D eigenvalue weighted by atomic mass is 127. The van der Waals surface area contributed by atoms with Crippen molar-refractivity contribution in [2.45, 2.75) is 25.3 Å². The summed E-state index contributed by atoms with van der Waals surface area (Å²) in [7, 11) is -1.00. The maximum absolute atomic E-state index is 3.89. The molecule has 4 heteroatoms. The fourth-order valence-electron chi connectivity index (χ4n) is 0.872. The molecule has 0 saturated carbocycles. The quantitative estimate of drug-likeness (QED) is 0.386. The molecule has 0 bridgehead atoms. The largest absolute Gasteiger partial charge is 0.186 e. The van der Waals surface area contributed by atoms with Gasteiger partial charge in [-0.2, -0.15) is 0 Å². The summed E-state index contributed by atoms with van der Waals surface area (Å²) in [4.78, 5) is 0. The van der Waals surface area contributed by atoms with Gasteiger partial charge in [0.1, 0.15) is 0 Å². The lowest BCUT2D eigenvalue weighted by atomic mass is 11.3. The van der Waals surface area contributed by atoms with E-state index in [0.717, 1.165) is 0 Å². The molecule has 60 valence electrons. The molecule has 0 radical (unpaired) electrons. The minimum atomic E-state index is -1.00. The van der Waals surface area contributed by atoms with Crippen LogP contribution >= 0.6 is 43.6 Å². The van der Waals surface area contributed by atoms with Crippen molar-refractivity contribution in [2.24, 2.45) is 0 Å². The van der Waals surface area contributed by atoms with Crippen LogP contribution in [-0.4, -0.2) is 11.1 Å². The van der Waals surface area contributed by atoms with E-state index < -0.39 is 11.1 Å². The van der Waals surface area contributed by atoms with Crippen LogP contribution in [0.4, 0.5) is 0 Å². The van der Waals surface area contributed by atoms with Crippen molar-refractivity contribution in [1.82, 2.24) is 0 Å². The summed E-state index contributed by atoms with van der Waals surface area (Å²) >= 11 is 5.28. The van der Waals surface area contributed by atoms with Crippen LogP contribution in [0.3, 0.4) is 0 Å². The van der Waals surface area contributed by atoms with E-state index in [9.17, 15) is 0 Å². The molecule has 0 aromatic rings. The standard InChI is InChI=1S/C6H14I2Si2/c1-5-9(2,3)6-10(4,7)8/h5H,1,6H2,2-4H3. The van der Waals surface area contributed by atoms with Crippen molar-refractivity contribution in [1.29, 1.82) is 0 Å². The van der Waals surface area contributed by atoms with Gasteiger partial charge in [-0.05, 0) is 5.67 Å². The van der Waals surface area contributed by atoms with Gasteiger partial charge in [0.05, 0.1) is 8.07 Å². The highest BCUT2D eigenvalue weighted by molar-refractivity contribution is 14.3. The summed E-state index contributed by atoms with van der Waals surface area (Å²) in [6.07, 6.45) is 0. The zero-order valence-electron chi connectivity index (χ0n) is 6.75. The Balaban J connectivity index is 4.01. The van der Waals surface area contributed by atoms with Crippen LogP contribution in [0.1, 0.15) is 0 Å². The van der Waals surface area contributed by atoms with Crippen molar-refractivity contribution in [2.75, 3.05) is 0 Å². The van der Waals surface area contributed by atoms with E-state index in [1.54, 1.807) is 0 Å². The maximum Gasteiger partial charge on any atom is 0.186 e. The van der Waals surface area contributed by atoms with Crippen molar-refractivity contribution in [3.63, 3.8) is 0 Å². The molecule has 0 aromatic carbocycles. The lowest BCUT2D eigenvalue weighted by molar-refractivity contribution is 1.68. The molecule has 0 amide bonds. The second-order valence-electron chi connectivity index (χ2n) is 3.44. The average Bonchev–Trinajstić information content (AvgIpc) is 1.60. The van der Waals surface area contributed by atoms with Crippen LogP contribution < -0.4 is 0 Å². The molecule has 0 spiro atoms. The van der Waals surface area contributed by atoms with Gasteiger partial charge in [0.15, 0.2) is 3.07 Å². The molecule has 0 saturated heterocycles. The second kappa shape index (κ2) is 4.04. The van der Waals surface area contributed by atoms with Gasteiger partial charge in [-0.25, -0.2) is 0 Å². The van der Waals surface area contributed by atoms with E-state index in [0.29, 0.717) is 0 Å². The van der Waals surface area contributed by atoms with E-state index in [2.05, 4.69) is 75.5 Å². The van der Waals surface area contributed by atoms with Crippen LogP contribution in [0.25, 0.3) is 0 Å². The molecule has 0 atom stereocenters. The van der Waals surface area contributed by atoms with E-state index in [1.165, 1.54) is 5.67 Å². The molecular weight excluding hydrogens is 382 g/mol. The molecule has 0 unspecified atom stereocenters. The highest BCUT2D eigenvalue weighted by Gasteiger charge is 2.29. The summed E-state index contributed by atoms with van der Waals surface area (Å²) in [6.45, 7) is 11.1. The molecule has 0 heterocycles. The Labute approximate surface area is 91.3 Å². The van der Waals surface area contributed by atoms with Gasteiger partial charge >= 0.3 is 0 Å². The lowest BCUT2D eigenvalue weighted by Gasteiger charge is -2.22. The number of rotatable bonds is 3. The first-order valence-electron chi connectivity index (χ1n) is 3.28. The average molecular weight is 396 g/mol. The fourth-order valence-corrected chi connectivity index (χ4v) is 25.5. The highest BCUT2D eigenvalue weighted by Crippen LogP contribution is 2.31. The predicted molar refractivity (Wildman–Crippen MR) is 72.1 cm³/mol. The van der Waals surface area contributed by atoms with E-state index >= 15 is 0 Å². The summed E-state index contributed by atoms with van der Waals surface area (Å²) in [5.74, 6) is 0. The molecule has 0 aliphatic carbocycles. The molecule has 0 nitrogen and oxygen atoms in total. The van der Waals surface area contributed by atoms with Gasteiger partial charge in [0.25, 0.3) is 0 Å². The van der Waals surface area contributed by atoms with Crippen molar-refractivity contribution in [3.8, 4) is 0 Å². The van der Waals surface area contributed by atoms with Gasteiger partial charge in [-0.15, -0.1) is 55.9 Å². The van der Waals surface area contributed by atoms with E-state index in [4.69, 9.17) is 0 Å². The van der Waals surface area contributed by atoms with Crippen LogP contribution in [-0.2, 0) is 0 Å². The zero-order valence-corrected chi connectivity index (χ0v) is 13.1.